The molecule has 3 aliphatic rings. The van der Waals surface area contributed by atoms with Crippen LogP contribution >= 0.6 is 0 Å². The molecular formula is C10H13NO2. The number of rotatable bonds is 1. The van der Waals surface area contributed by atoms with E-state index < -0.39 is 0 Å². The molecule has 0 aromatic rings. The molecule has 1 saturated heterocycles. The number of allylic oxidation sites excluding steroid dienone is 1. The van der Waals surface area contributed by atoms with Gasteiger partial charge in [0.1, 0.15) is 6.23 Å². The third-order valence-corrected chi connectivity index (χ3v) is 3.65. The first-order valence-corrected chi connectivity index (χ1v) is 4.87. The normalized spacial score (nSPS) is 41.3. The van der Waals surface area contributed by atoms with Crippen molar-refractivity contribution >= 4 is 5.91 Å². The number of ether oxygens (including phenoxy) is 1. The van der Waals surface area contributed by atoms with Crippen LogP contribution in [0.1, 0.15) is 19.3 Å². The van der Waals surface area contributed by atoms with Crippen molar-refractivity contribution in [2.75, 3.05) is 7.11 Å². The summed E-state index contributed by atoms with van der Waals surface area (Å²) in [4.78, 5) is 11.6. The highest BCUT2D eigenvalue weighted by Crippen LogP contribution is 2.51. The first-order chi connectivity index (χ1) is 6.31. The Morgan fingerprint density at radius 3 is 3.15 bits per heavy atom. The molecule has 1 aliphatic heterocycles. The smallest absolute Gasteiger partial charge is 0.249 e. The van der Waals surface area contributed by atoms with Crippen molar-refractivity contribution in [3.05, 3.63) is 11.1 Å². The Labute approximate surface area is 77.1 Å². The van der Waals surface area contributed by atoms with E-state index in [-0.39, 0.29) is 12.1 Å². The van der Waals surface area contributed by atoms with Crippen LogP contribution < -0.4 is 5.32 Å². The van der Waals surface area contributed by atoms with E-state index >= 15 is 0 Å². The van der Waals surface area contributed by atoms with Gasteiger partial charge in [-0.1, -0.05) is 5.57 Å². The van der Waals surface area contributed by atoms with Gasteiger partial charge >= 0.3 is 0 Å². The number of amides is 1. The Morgan fingerprint density at radius 1 is 1.54 bits per heavy atom. The van der Waals surface area contributed by atoms with Crippen molar-refractivity contribution in [3.63, 3.8) is 0 Å². The van der Waals surface area contributed by atoms with E-state index in [1.807, 2.05) is 0 Å². The molecule has 70 valence electrons. The molecule has 3 nitrogen and oxygen atoms in total. The molecule has 0 radical (unpaired) electrons. The van der Waals surface area contributed by atoms with Gasteiger partial charge in [0, 0.05) is 18.6 Å². The molecule has 0 aromatic heterocycles. The number of hydrogen-bond donors (Lipinski definition) is 1. The highest BCUT2D eigenvalue weighted by Gasteiger charge is 2.50. The summed E-state index contributed by atoms with van der Waals surface area (Å²) in [5, 5.41) is 2.89. The lowest BCUT2D eigenvalue weighted by Gasteiger charge is -2.21. The highest BCUT2D eigenvalue weighted by atomic mass is 16.5. The number of methoxy groups -OCH3 is 1. The minimum absolute atomic E-state index is 0.0506. The molecule has 1 amide bonds. The number of carbonyl (C=O) groups excluding carboxylic acids is 1. The molecule has 2 fully saturated rings. The Bertz CT molecular complexity index is 308. The van der Waals surface area contributed by atoms with E-state index in [9.17, 15) is 4.79 Å². The number of fused-ring (bicyclic) bond motifs is 4. The van der Waals surface area contributed by atoms with Crippen LogP contribution in [-0.4, -0.2) is 19.2 Å². The van der Waals surface area contributed by atoms with Crippen molar-refractivity contribution < 1.29 is 9.53 Å². The maximum Gasteiger partial charge on any atom is 0.249 e. The van der Waals surface area contributed by atoms with Gasteiger partial charge in [-0.15, -0.1) is 0 Å². The standard InChI is InChI=1S/C10H13NO2/c1-13-10-8-6-3-2-5(4-6)7(8)9(12)11-10/h6,8,10H,2-4H2,1H3,(H,11,12). The zero-order valence-corrected chi connectivity index (χ0v) is 7.67. The molecule has 3 rings (SSSR count). The summed E-state index contributed by atoms with van der Waals surface area (Å²) in [6.45, 7) is 0. The van der Waals surface area contributed by atoms with Crippen LogP contribution in [-0.2, 0) is 9.53 Å². The van der Waals surface area contributed by atoms with E-state index in [4.69, 9.17) is 4.74 Å². The third-order valence-electron chi connectivity index (χ3n) is 3.65. The summed E-state index contributed by atoms with van der Waals surface area (Å²) in [6.07, 6.45) is 3.48. The second-order valence-electron chi connectivity index (χ2n) is 4.18. The Balaban J connectivity index is 2.05. The fourth-order valence-corrected chi connectivity index (χ4v) is 3.12. The lowest BCUT2D eigenvalue weighted by atomic mass is 9.87. The van der Waals surface area contributed by atoms with E-state index in [1.54, 1.807) is 7.11 Å². The quantitative estimate of drug-likeness (QED) is 0.647. The van der Waals surface area contributed by atoms with Gasteiger partial charge in [0.25, 0.3) is 0 Å². The fraction of sp³-hybridized carbons (Fsp3) is 0.700. The molecule has 3 atom stereocenters. The average Bonchev–Trinajstić information content (AvgIpc) is 2.76. The molecule has 3 heteroatoms. The first kappa shape index (κ1) is 7.56. The predicted octanol–water partition coefficient (Wildman–Crippen LogP) is 0.815. The van der Waals surface area contributed by atoms with Crippen molar-refractivity contribution in [2.45, 2.75) is 25.5 Å². The van der Waals surface area contributed by atoms with Gasteiger partial charge < -0.3 is 10.1 Å². The Morgan fingerprint density at radius 2 is 2.38 bits per heavy atom. The fourth-order valence-electron chi connectivity index (χ4n) is 3.12. The van der Waals surface area contributed by atoms with Crippen LogP contribution in [0.3, 0.4) is 0 Å². The van der Waals surface area contributed by atoms with E-state index in [2.05, 4.69) is 5.32 Å². The van der Waals surface area contributed by atoms with Gasteiger partial charge in [0.2, 0.25) is 5.91 Å². The van der Waals surface area contributed by atoms with Crippen LogP contribution in [0.25, 0.3) is 0 Å². The van der Waals surface area contributed by atoms with Crippen LogP contribution in [0.4, 0.5) is 0 Å². The molecular weight excluding hydrogens is 166 g/mol. The van der Waals surface area contributed by atoms with E-state index in [1.165, 1.54) is 12.0 Å². The number of carbonyl (C=O) groups is 1. The molecule has 3 unspecified atom stereocenters. The lowest BCUT2D eigenvalue weighted by molar-refractivity contribution is -0.118. The molecule has 1 N–H and O–H groups in total. The number of hydrogen-bond acceptors (Lipinski definition) is 2. The second-order valence-corrected chi connectivity index (χ2v) is 4.18. The molecule has 1 heterocycles. The second kappa shape index (κ2) is 2.35. The zero-order valence-electron chi connectivity index (χ0n) is 7.67. The van der Waals surface area contributed by atoms with E-state index in [0.717, 1.165) is 18.4 Å². The molecule has 13 heavy (non-hydrogen) atoms. The van der Waals surface area contributed by atoms with Crippen molar-refractivity contribution in [1.29, 1.82) is 0 Å². The van der Waals surface area contributed by atoms with Crippen molar-refractivity contribution in [2.24, 2.45) is 11.8 Å². The molecule has 2 bridgehead atoms. The van der Waals surface area contributed by atoms with Gasteiger partial charge in [0.15, 0.2) is 0 Å². The topological polar surface area (TPSA) is 38.3 Å². The van der Waals surface area contributed by atoms with Crippen LogP contribution in [0.2, 0.25) is 0 Å². The summed E-state index contributed by atoms with van der Waals surface area (Å²) in [7, 11) is 1.67. The Hall–Kier alpha value is -0.830. The van der Waals surface area contributed by atoms with Crippen LogP contribution in [0.15, 0.2) is 11.1 Å². The predicted molar refractivity (Wildman–Crippen MR) is 46.8 cm³/mol. The van der Waals surface area contributed by atoms with Crippen LogP contribution in [0.5, 0.6) is 0 Å². The molecule has 0 spiro atoms. The van der Waals surface area contributed by atoms with Gasteiger partial charge in [-0.25, -0.2) is 0 Å². The summed E-state index contributed by atoms with van der Waals surface area (Å²) in [6, 6.07) is 0. The Kier molecular flexibility index (Phi) is 1.37. The maximum atomic E-state index is 11.6. The van der Waals surface area contributed by atoms with Crippen molar-refractivity contribution in [3.8, 4) is 0 Å². The summed E-state index contributed by atoms with van der Waals surface area (Å²) in [5.41, 5.74) is 2.45. The SMILES string of the molecule is COC1NC(=O)C2=C3CCC(C3)C21. The minimum Gasteiger partial charge on any atom is -0.361 e. The minimum atomic E-state index is -0.0506. The summed E-state index contributed by atoms with van der Waals surface area (Å²) in [5.74, 6) is 1.16. The first-order valence-electron chi connectivity index (χ1n) is 4.87. The van der Waals surface area contributed by atoms with Crippen LogP contribution in [0, 0.1) is 11.8 Å². The molecule has 2 aliphatic carbocycles. The number of nitrogens with one attached hydrogen (secondary N) is 1. The van der Waals surface area contributed by atoms with Crippen molar-refractivity contribution in [1.82, 2.24) is 5.32 Å². The maximum absolute atomic E-state index is 11.6. The largest absolute Gasteiger partial charge is 0.361 e. The lowest BCUT2D eigenvalue weighted by Crippen LogP contribution is -2.32. The van der Waals surface area contributed by atoms with Gasteiger partial charge in [-0.3, -0.25) is 4.79 Å². The monoisotopic (exact) mass is 179 g/mol. The summed E-state index contributed by atoms with van der Waals surface area (Å²) < 4.78 is 5.28. The third kappa shape index (κ3) is 0.804. The molecule has 1 saturated carbocycles. The highest BCUT2D eigenvalue weighted by molar-refractivity contribution is 5.98. The average molecular weight is 179 g/mol. The summed E-state index contributed by atoms with van der Waals surface area (Å²) >= 11 is 0. The van der Waals surface area contributed by atoms with Gasteiger partial charge in [-0.05, 0) is 25.2 Å². The van der Waals surface area contributed by atoms with E-state index in [0.29, 0.717) is 11.8 Å². The molecule has 0 aromatic carbocycles. The van der Waals surface area contributed by atoms with Gasteiger partial charge in [0.05, 0.1) is 0 Å². The van der Waals surface area contributed by atoms with Gasteiger partial charge in [-0.2, -0.15) is 0 Å². The zero-order chi connectivity index (χ0) is 9.00.